The molecule has 0 saturated heterocycles. The molecule has 0 fully saturated rings. The molecule has 0 atom stereocenters. The maximum Gasteiger partial charge on any atom is 0.423 e. The lowest BCUT2D eigenvalue weighted by molar-refractivity contribution is 0.424. The Morgan fingerprint density at radius 1 is 1.29 bits per heavy atom. The SMILES string of the molecule is CCCCBr.O=c1oc(=O)n(Cc2ccc(Br)s2)c2ncccc12. The number of hydrogen-bond donors (Lipinski definition) is 0. The summed E-state index contributed by atoms with van der Waals surface area (Å²) in [6.07, 6.45) is 4.15. The van der Waals surface area contributed by atoms with Crippen LogP contribution in [0.2, 0.25) is 0 Å². The molecule has 0 radical (unpaired) electrons. The Balaban J connectivity index is 0.000000368. The summed E-state index contributed by atoms with van der Waals surface area (Å²) in [6, 6.07) is 7.03. The van der Waals surface area contributed by atoms with Crippen molar-refractivity contribution in [1.29, 1.82) is 0 Å². The molecule has 3 rings (SSSR count). The van der Waals surface area contributed by atoms with Gasteiger partial charge in [-0.05, 0) is 46.6 Å². The summed E-state index contributed by atoms with van der Waals surface area (Å²) in [4.78, 5) is 28.5. The van der Waals surface area contributed by atoms with Gasteiger partial charge in [0.25, 0.3) is 0 Å². The van der Waals surface area contributed by atoms with Gasteiger partial charge in [-0.2, -0.15) is 0 Å². The van der Waals surface area contributed by atoms with E-state index in [9.17, 15) is 9.59 Å². The van der Waals surface area contributed by atoms with E-state index in [-0.39, 0.29) is 0 Å². The molecule has 3 aromatic rings. The van der Waals surface area contributed by atoms with Crippen LogP contribution in [0, 0.1) is 0 Å². The zero-order valence-electron chi connectivity index (χ0n) is 13.0. The van der Waals surface area contributed by atoms with Crippen molar-refractivity contribution in [3.05, 3.63) is 60.1 Å². The smallest absolute Gasteiger partial charge is 0.372 e. The maximum absolute atomic E-state index is 11.8. The largest absolute Gasteiger partial charge is 0.423 e. The van der Waals surface area contributed by atoms with E-state index in [2.05, 4.69) is 43.8 Å². The Labute approximate surface area is 159 Å². The van der Waals surface area contributed by atoms with Crippen molar-refractivity contribution in [2.75, 3.05) is 5.33 Å². The third-order valence-electron chi connectivity index (χ3n) is 3.09. The lowest BCUT2D eigenvalue weighted by atomic mass is 10.3. The van der Waals surface area contributed by atoms with Gasteiger partial charge in [0.15, 0.2) is 5.65 Å². The number of alkyl halides is 1. The molecule has 8 heteroatoms. The molecule has 0 spiro atoms. The highest BCUT2D eigenvalue weighted by molar-refractivity contribution is 9.11. The van der Waals surface area contributed by atoms with Crippen molar-refractivity contribution >= 4 is 54.2 Å². The third kappa shape index (κ3) is 4.87. The molecule has 0 bridgehead atoms. The van der Waals surface area contributed by atoms with Gasteiger partial charge in [-0.25, -0.2) is 14.6 Å². The van der Waals surface area contributed by atoms with Crippen LogP contribution < -0.4 is 11.4 Å². The van der Waals surface area contributed by atoms with Crippen LogP contribution in [-0.2, 0) is 6.54 Å². The summed E-state index contributed by atoms with van der Waals surface area (Å²) >= 11 is 8.19. The number of halogens is 2. The van der Waals surface area contributed by atoms with E-state index in [4.69, 9.17) is 4.42 Å². The molecule has 0 amide bonds. The van der Waals surface area contributed by atoms with Crippen molar-refractivity contribution in [2.24, 2.45) is 0 Å². The van der Waals surface area contributed by atoms with E-state index in [1.807, 2.05) is 12.1 Å². The minimum Gasteiger partial charge on any atom is -0.372 e. The molecule has 0 aliphatic carbocycles. The normalized spacial score (nSPS) is 10.5. The van der Waals surface area contributed by atoms with E-state index >= 15 is 0 Å². The van der Waals surface area contributed by atoms with Gasteiger partial charge in [0, 0.05) is 16.4 Å². The van der Waals surface area contributed by atoms with Gasteiger partial charge in [-0.1, -0.05) is 29.3 Å². The average Bonchev–Trinajstić information content (AvgIpc) is 2.98. The Bertz CT molecular complexity index is 915. The first kappa shape index (κ1) is 19.1. The molecule has 3 aromatic heterocycles. The number of rotatable bonds is 4. The van der Waals surface area contributed by atoms with Crippen LogP contribution in [0.15, 0.2) is 48.3 Å². The van der Waals surface area contributed by atoms with Crippen LogP contribution in [0.25, 0.3) is 11.0 Å². The summed E-state index contributed by atoms with van der Waals surface area (Å²) in [5.74, 6) is -0.694. The summed E-state index contributed by atoms with van der Waals surface area (Å²) in [5.41, 5.74) is -0.315. The highest BCUT2D eigenvalue weighted by Gasteiger charge is 2.11. The molecule has 0 aromatic carbocycles. The second-order valence-electron chi connectivity index (χ2n) is 4.86. The number of nitrogens with zero attached hydrogens (tertiary/aromatic N) is 2. The first-order chi connectivity index (χ1) is 11.6. The van der Waals surface area contributed by atoms with E-state index in [1.165, 1.54) is 28.7 Å². The Kier molecular flexibility index (Phi) is 7.39. The number of hydrogen-bond acceptors (Lipinski definition) is 5. The standard InChI is InChI=1S/C12H7BrN2O3S.C4H9Br/c13-9-4-3-7(19-9)6-15-10-8(2-1-5-14-10)11(16)18-12(15)17;1-2-3-4-5/h1-5H,6H2;2-4H2,1H3. The topological polar surface area (TPSA) is 65.1 Å². The number of thiophene rings is 1. The first-order valence-corrected chi connectivity index (χ1v) is 10.1. The van der Waals surface area contributed by atoms with Crippen molar-refractivity contribution in [2.45, 2.75) is 26.3 Å². The fourth-order valence-electron chi connectivity index (χ4n) is 1.91. The van der Waals surface area contributed by atoms with Gasteiger partial charge in [-0.15, -0.1) is 11.3 Å². The summed E-state index contributed by atoms with van der Waals surface area (Å²) in [5, 5.41) is 1.46. The van der Waals surface area contributed by atoms with Crippen LogP contribution in [-0.4, -0.2) is 14.9 Å². The zero-order valence-corrected chi connectivity index (χ0v) is 17.0. The van der Waals surface area contributed by atoms with Crippen LogP contribution in [0.1, 0.15) is 24.6 Å². The van der Waals surface area contributed by atoms with Gasteiger partial charge in [0.1, 0.15) is 5.39 Å². The number of pyridine rings is 1. The van der Waals surface area contributed by atoms with Crippen LogP contribution in [0.3, 0.4) is 0 Å². The predicted octanol–water partition coefficient (Wildman–Crippen LogP) is 4.40. The maximum atomic E-state index is 11.8. The highest BCUT2D eigenvalue weighted by Crippen LogP contribution is 2.22. The molecule has 24 heavy (non-hydrogen) atoms. The first-order valence-electron chi connectivity index (χ1n) is 7.35. The molecule has 128 valence electrons. The number of unbranched alkanes of at least 4 members (excludes halogenated alkanes) is 1. The van der Waals surface area contributed by atoms with Gasteiger partial charge >= 0.3 is 11.4 Å². The molecule has 0 aliphatic rings. The van der Waals surface area contributed by atoms with Crippen molar-refractivity contribution < 1.29 is 4.42 Å². The van der Waals surface area contributed by atoms with Crippen LogP contribution in [0.4, 0.5) is 0 Å². The molecule has 0 N–H and O–H groups in total. The molecular weight excluding hydrogens is 460 g/mol. The minimum absolute atomic E-state index is 0.303. The summed E-state index contributed by atoms with van der Waals surface area (Å²) in [7, 11) is 0. The van der Waals surface area contributed by atoms with Gasteiger partial charge in [0.2, 0.25) is 0 Å². The van der Waals surface area contributed by atoms with E-state index in [1.54, 1.807) is 18.3 Å². The van der Waals surface area contributed by atoms with Crippen molar-refractivity contribution in [3.8, 4) is 0 Å². The van der Waals surface area contributed by atoms with Gasteiger partial charge in [0.05, 0.1) is 10.3 Å². The predicted molar refractivity (Wildman–Crippen MR) is 104 cm³/mol. The molecular formula is C16H16Br2N2O3S. The Morgan fingerprint density at radius 3 is 2.67 bits per heavy atom. The van der Waals surface area contributed by atoms with Gasteiger partial charge < -0.3 is 4.42 Å². The van der Waals surface area contributed by atoms with Crippen LogP contribution >= 0.6 is 43.2 Å². The zero-order chi connectivity index (χ0) is 17.5. The quantitative estimate of drug-likeness (QED) is 0.524. The van der Waals surface area contributed by atoms with E-state index < -0.39 is 11.4 Å². The second kappa shape index (κ2) is 9.29. The Hall–Kier alpha value is -1.25. The minimum atomic E-state index is -0.694. The van der Waals surface area contributed by atoms with E-state index in [0.717, 1.165) is 14.0 Å². The summed E-state index contributed by atoms with van der Waals surface area (Å²) < 4.78 is 7.04. The Morgan fingerprint density at radius 2 is 2.08 bits per heavy atom. The molecule has 5 nitrogen and oxygen atoms in total. The summed E-state index contributed by atoms with van der Waals surface area (Å²) in [6.45, 7) is 2.51. The average molecular weight is 476 g/mol. The van der Waals surface area contributed by atoms with Crippen LogP contribution in [0.5, 0.6) is 0 Å². The van der Waals surface area contributed by atoms with Gasteiger partial charge in [-0.3, -0.25) is 4.57 Å². The monoisotopic (exact) mass is 474 g/mol. The fourth-order valence-corrected chi connectivity index (χ4v) is 3.95. The number of fused-ring (bicyclic) bond motifs is 1. The van der Waals surface area contributed by atoms with E-state index in [0.29, 0.717) is 17.6 Å². The molecule has 0 aliphatic heterocycles. The molecule has 0 saturated carbocycles. The lowest BCUT2D eigenvalue weighted by Gasteiger charge is -2.05. The highest BCUT2D eigenvalue weighted by atomic mass is 79.9. The lowest BCUT2D eigenvalue weighted by Crippen LogP contribution is -2.25. The van der Waals surface area contributed by atoms with Crippen molar-refractivity contribution in [3.63, 3.8) is 0 Å². The third-order valence-corrected chi connectivity index (χ3v) is 5.26. The number of aromatic nitrogens is 2. The molecule has 3 heterocycles. The van der Waals surface area contributed by atoms with Crippen molar-refractivity contribution in [1.82, 2.24) is 9.55 Å². The second-order valence-corrected chi connectivity index (χ2v) is 8.21. The fraction of sp³-hybridized carbons (Fsp3) is 0.312. The molecule has 0 unspecified atom stereocenters.